The van der Waals surface area contributed by atoms with Gasteiger partial charge in [0.25, 0.3) is 0 Å². The minimum Gasteiger partial charge on any atom is -0.351 e. The van der Waals surface area contributed by atoms with Crippen molar-refractivity contribution in [3.63, 3.8) is 0 Å². The first-order chi connectivity index (χ1) is 23.0. The van der Waals surface area contributed by atoms with Gasteiger partial charge in [0.05, 0.1) is 37.1 Å². The van der Waals surface area contributed by atoms with Crippen LogP contribution in [0.25, 0.3) is 11.1 Å². The van der Waals surface area contributed by atoms with Crippen molar-refractivity contribution in [3.8, 4) is 17.2 Å². The monoisotopic (exact) mass is 627 g/mol. The highest BCUT2D eigenvalue weighted by atomic mass is 16.1. The second-order valence-corrected chi connectivity index (χ2v) is 12.5. The van der Waals surface area contributed by atoms with Gasteiger partial charge in [0.2, 0.25) is 5.91 Å². The summed E-state index contributed by atoms with van der Waals surface area (Å²) in [6.07, 6.45) is 13.3. The summed E-state index contributed by atoms with van der Waals surface area (Å²) >= 11 is 0. The zero-order chi connectivity index (χ0) is 32.2. The highest BCUT2D eigenvalue weighted by Crippen LogP contribution is 2.39. The minimum absolute atomic E-state index is 0.0105. The molecule has 238 valence electrons. The van der Waals surface area contributed by atoms with Crippen LogP contribution in [0.2, 0.25) is 0 Å². The number of benzene rings is 1. The molecule has 4 aromatic heterocycles. The highest BCUT2D eigenvalue weighted by molar-refractivity contribution is 5.83. The third kappa shape index (κ3) is 6.74. The fraction of sp³-hybridized carbons (Fsp3) is 0.371. The largest absolute Gasteiger partial charge is 0.351 e. The number of pyridine rings is 1. The van der Waals surface area contributed by atoms with Gasteiger partial charge in [-0.2, -0.15) is 15.5 Å². The van der Waals surface area contributed by atoms with Gasteiger partial charge in [-0.05, 0) is 49.1 Å². The van der Waals surface area contributed by atoms with Gasteiger partial charge in [-0.25, -0.2) is 19.6 Å². The first-order valence-electron chi connectivity index (χ1n) is 16.2. The van der Waals surface area contributed by atoms with Crippen molar-refractivity contribution in [2.24, 2.45) is 18.9 Å². The molecule has 1 saturated carbocycles. The summed E-state index contributed by atoms with van der Waals surface area (Å²) in [5, 5.41) is 21.5. The molecule has 1 aliphatic heterocycles. The predicted octanol–water partition coefficient (Wildman–Crippen LogP) is 4.20. The van der Waals surface area contributed by atoms with Crippen LogP contribution in [0.15, 0.2) is 73.6 Å². The first kappa shape index (κ1) is 30.2. The van der Waals surface area contributed by atoms with Crippen LogP contribution in [0.1, 0.15) is 60.1 Å². The summed E-state index contributed by atoms with van der Waals surface area (Å²) in [5.41, 5.74) is 4.30. The van der Waals surface area contributed by atoms with Gasteiger partial charge in [-0.1, -0.05) is 36.4 Å². The average Bonchev–Trinajstić information content (AvgIpc) is 3.77. The number of aryl methyl sites for hydroxylation is 1. The molecule has 1 N–H and O–H groups in total. The van der Waals surface area contributed by atoms with Crippen LogP contribution in [0.3, 0.4) is 0 Å². The maximum absolute atomic E-state index is 13.8. The molecule has 1 amide bonds. The Labute approximate surface area is 273 Å². The van der Waals surface area contributed by atoms with E-state index in [4.69, 9.17) is 9.97 Å². The topological polar surface area (TPSA) is 143 Å². The molecule has 0 bridgehead atoms. The number of carbonyl (C=O) groups excluding carboxylic acids is 1. The molecular formula is C35H37N11O. The lowest BCUT2D eigenvalue weighted by Gasteiger charge is -2.33. The number of anilines is 1. The zero-order valence-corrected chi connectivity index (χ0v) is 26.4. The molecule has 0 saturated heterocycles. The number of nitrogens with one attached hydrogen (secondary N) is 1. The molecule has 1 unspecified atom stereocenters. The molecular weight excluding hydrogens is 590 g/mol. The quantitative estimate of drug-likeness (QED) is 0.254. The molecule has 12 nitrogen and oxygen atoms in total. The van der Waals surface area contributed by atoms with E-state index in [1.807, 2.05) is 72.8 Å². The molecule has 1 aliphatic carbocycles. The number of fused-ring (bicyclic) bond motifs is 1. The number of nitriles is 1. The SMILES string of the molecule is Cn1cc(-c2ccc(C(C(=O)NCc3ccccc3)[C@H]3CC[C@H](Cc4ncc(C#N)c(N5CCn6ncnc6C5)n4)CC3)nc2)cn1. The summed E-state index contributed by atoms with van der Waals surface area (Å²) in [5.74, 6) is 2.50. The number of carbonyl (C=O) groups is 1. The van der Waals surface area contributed by atoms with Gasteiger partial charge in [0, 0.05) is 50.1 Å². The molecule has 5 aromatic rings. The van der Waals surface area contributed by atoms with E-state index in [9.17, 15) is 10.1 Å². The maximum Gasteiger partial charge on any atom is 0.229 e. The van der Waals surface area contributed by atoms with E-state index in [2.05, 4.69) is 36.5 Å². The molecule has 1 fully saturated rings. The summed E-state index contributed by atoms with van der Waals surface area (Å²) in [6.45, 7) is 2.44. The van der Waals surface area contributed by atoms with Gasteiger partial charge < -0.3 is 10.2 Å². The number of aromatic nitrogens is 8. The van der Waals surface area contributed by atoms with Crippen molar-refractivity contribution in [2.45, 2.75) is 57.7 Å². The Morgan fingerprint density at radius 3 is 2.57 bits per heavy atom. The summed E-state index contributed by atoms with van der Waals surface area (Å²) < 4.78 is 3.66. The van der Waals surface area contributed by atoms with E-state index in [0.717, 1.165) is 66.1 Å². The summed E-state index contributed by atoms with van der Waals surface area (Å²) in [4.78, 5) is 34.6. The van der Waals surface area contributed by atoms with Crippen molar-refractivity contribution >= 4 is 11.7 Å². The maximum atomic E-state index is 13.8. The van der Waals surface area contributed by atoms with Crippen LogP contribution >= 0.6 is 0 Å². The van der Waals surface area contributed by atoms with E-state index in [0.29, 0.717) is 43.5 Å². The Hall–Kier alpha value is -5.44. The Kier molecular flexibility index (Phi) is 8.68. The van der Waals surface area contributed by atoms with E-state index < -0.39 is 0 Å². The van der Waals surface area contributed by atoms with Crippen molar-refractivity contribution in [2.75, 3.05) is 11.4 Å². The lowest BCUT2D eigenvalue weighted by molar-refractivity contribution is -0.124. The van der Waals surface area contributed by atoms with E-state index >= 15 is 0 Å². The lowest BCUT2D eigenvalue weighted by Crippen LogP contribution is -2.36. The van der Waals surface area contributed by atoms with Crippen LogP contribution < -0.4 is 10.2 Å². The molecule has 12 heteroatoms. The number of hydrogen-bond acceptors (Lipinski definition) is 9. The van der Waals surface area contributed by atoms with Crippen molar-refractivity contribution < 1.29 is 4.79 Å². The molecule has 1 aromatic carbocycles. The average molecular weight is 628 g/mol. The van der Waals surface area contributed by atoms with Gasteiger partial charge in [0.1, 0.15) is 29.6 Å². The van der Waals surface area contributed by atoms with Crippen LogP contribution in [-0.2, 0) is 37.9 Å². The lowest BCUT2D eigenvalue weighted by atomic mass is 9.73. The Bertz CT molecular complexity index is 1870. The molecule has 1 atom stereocenters. The van der Waals surface area contributed by atoms with Gasteiger partial charge >= 0.3 is 0 Å². The molecule has 5 heterocycles. The Balaban J connectivity index is 1.04. The molecule has 0 spiro atoms. The van der Waals surface area contributed by atoms with E-state index in [1.54, 1.807) is 17.2 Å². The summed E-state index contributed by atoms with van der Waals surface area (Å²) in [7, 11) is 1.89. The second-order valence-electron chi connectivity index (χ2n) is 12.5. The third-order valence-electron chi connectivity index (χ3n) is 9.42. The molecule has 7 rings (SSSR count). The number of rotatable bonds is 9. The van der Waals surface area contributed by atoms with Crippen molar-refractivity contribution in [1.82, 2.24) is 44.8 Å². The van der Waals surface area contributed by atoms with Gasteiger partial charge in [-0.3, -0.25) is 14.5 Å². The van der Waals surface area contributed by atoms with Crippen LogP contribution in [0.4, 0.5) is 5.82 Å². The smallest absolute Gasteiger partial charge is 0.229 e. The van der Waals surface area contributed by atoms with E-state index in [-0.39, 0.29) is 17.7 Å². The summed E-state index contributed by atoms with van der Waals surface area (Å²) in [6, 6.07) is 16.3. The number of hydrogen-bond donors (Lipinski definition) is 1. The normalized spacial score (nSPS) is 18.3. The second kappa shape index (κ2) is 13.5. The van der Waals surface area contributed by atoms with Crippen LogP contribution in [0.5, 0.6) is 0 Å². The fourth-order valence-corrected chi connectivity index (χ4v) is 6.87. The third-order valence-corrected chi connectivity index (χ3v) is 9.42. The van der Waals surface area contributed by atoms with Gasteiger partial charge in [0.15, 0.2) is 5.82 Å². The minimum atomic E-state index is -0.346. The fourth-order valence-electron chi connectivity index (χ4n) is 6.87. The molecule has 2 aliphatic rings. The van der Waals surface area contributed by atoms with Crippen molar-refractivity contribution in [3.05, 3.63) is 102 Å². The molecule has 47 heavy (non-hydrogen) atoms. The standard InChI is InChI=1S/C35H37N11O/c1-44-21-29(20-41-44)27-11-12-30(37-18-27)33(35(47)39-17-25-5-3-2-4-6-25)26-9-7-24(8-10-26)15-31-38-19-28(16-36)34(43-31)45-13-14-46-32(22-45)40-23-42-46/h2-6,11-12,18-21,23-24,26,33H,7-10,13-15,17,22H2,1H3,(H,39,47)/t24-,26-,33?. The zero-order valence-electron chi connectivity index (χ0n) is 26.4. The van der Waals surface area contributed by atoms with Crippen molar-refractivity contribution in [1.29, 1.82) is 5.26 Å². The van der Waals surface area contributed by atoms with Gasteiger partial charge in [-0.15, -0.1) is 0 Å². The predicted molar refractivity (Wildman–Crippen MR) is 174 cm³/mol. The van der Waals surface area contributed by atoms with Crippen LogP contribution in [-0.4, -0.2) is 51.9 Å². The highest BCUT2D eigenvalue weighted by Gasteiger charge is 2.35. The Morgan fingerprint density at radius 2 is 1.83 bits per heavy atom. The number of amides is 1. The number of nitrogens with zero attached hydrogens (tertiary/aromatic N) is 10. The Morgan fingerprint density at radius 1 is 0.979 bits per heavy atom. The molecule has 0 radical (unpaired) electrons. The first-order valence-corrected chi connectivity index (χ1v) is 16.2. The van der Waals surface area contributed by atoms with Crippen LogP contribution in [0, 0.1) is 23.2 Å². The van der Waals surface area contributed by atoms with E-state index in [1.165, 1.54) is 0 Å².